The van der Waals surface area contributed by atoms with Crippen LogP contribution < -0.4 is 14.8 Å². The van der Waals surface area contributed by atoms with Gasteiger partial charge in [0.05, 0.1) is 11.3 Å². The lowest BCUT2D eigenvalue weighted by Crippen LogP contribution is -2.33. The maximum atomic E-state index is 13.0. The van der Waals surface area contributed by atoms with Crippen LogP contribution in [0.3, 0.4) is 0 Å². The molecule has 0 aliphatic carbocycles. The number of rotatable bonds is 7. The standard InChI is InChI=1S/C23H27N5O5/c1-13(2)15-10-16(18(30)11-17(15)29)21-25-26-22(23(31)24-7-8-27(3)4)28(21)14-5-6-19-20(9-14)33-12-32-19/h5-6,9-11,13,29-30H,7-8,12H2,1-4H3,(H,24,31). The molecule has 10 heteroatoms. The van der Waals surface area contributed by atoms with Crippen molar-refractivity contribution in [2.24, 2.45) is 0 Å². The van der Waals surface area contributed by atoms with Crippen molar-refractivity contribution in [2.75, 3.05) is 34.0 Å². The van der Waals surface area contributed by atoms with Gasteiger partial charge in [0.2, 0.25) is 12.6 Å². The molecule has 0 spiro atoms. The molecule has 2 heterocycles. The first-order chi connectivity index (χ1) is 15.8. The number of phenolic OH excluding ortho intramolecular Hbond substituents is 2. The lowest BCUT2D eigenvalue weighted by Gasteiger charge is -2.15. The number of aromatic nitrogens is 3. The van der Waals surface area contributed by atoms with Crippen LogP contribution in [0.15, 0.2) is 30.3 Å². The number of ether oxygens (including phenoxy) is 2. The molecule has 0 unspecified atom stereocenters. The van der Waals surface area contributed by atoms with Crippen LogP contribution in [0.2, 0.25) is 0 Å². The van der Waals surface area contributed by atoms with Gasteiger partial charge in [0.25, 0.3) is 5.91 Å². The maximum Gasteiger partial charge on any atom is 0.289 e. The minimum atomic E-state index is -0.407. The van der Waals surface area contributed by atoms with E-state index in [1.54, 1.807) is 28.8 Å². The third kappa shape index (κ3) is 4.42. The highest BCUT2D eigenvalue weighted by Crippen LogP contribution is 2.39. The highest BCUT2D eigenvalue weighted by Gasteiger charge is 2.25. The fourth-order valence-electron chi connectivity index (χ4n) is 3.58. The number of nitrogens with one attached hydrogen (secondary N) is 1. The number of phenols is 2. The predicted octanol–water partition coefficient (Wildman–Crippen LogP) is 2.49. The molecular formula is C23H27N5O5. The summed E-state index contributed by atoms with van der Waals surface area (Å²) in [5, 5.41) is 32.1. The first-order valence-electron chi connectivity index (χ1n) is 10.6. The number of carbonyl (C=O) groups excluding carboxylic acids is 1. The van der Waals surface area contributed by atoms with Crippen LogP contribution in [-0.4, -0.2) is 69.8 Å². The van der Waals surface area contributed by atoms with Gasteiger partial charge in [-0.2, -0.15) is 0 Å². The van der Waals surface area contributed by atoms with Crippen LogP contribution >= 0.6 is 0 Å². The minimum absolute atomic E-state index is 0.0000622. The Bertz CT molecular complexity index is 1190. The second-order valence-electron chi connectivity index (χ2n) is 8.36. The second kappa shape index (κ2) is 8.99. The van der Waals surface area contributed by atoms with Gasteiger partial charge in [0.15, 0.2) is 17.3 Å². The van der Waals surface area contributed by atoms with Crippen molar-refractivity contribution in [3.8, 4) is 40.1 Å². The van der Waals surface area contributed by atoms with Crippen molar-refractivity contribution in [1.29, 1.82) is 0 Å². The molecule has 1 aliphatic rings. The summed E-state index contributed by atoms with van der Waals surface area (Å²) < 4.78 is 12.5. The highest BCUT2D eigenvalue weighted by atomic mass is 16.7. The highest BCUT2D eigenvalue weighted by molar-refractivity contribution is 5.92. The molecule has 0 saturated heterocycles. The zero-order chi connectivity index (χ0) is 23.7. The van der Waals surface area contributed by atoms with Gasteiger partial charge in [-0.1, -0.05) is 13.8 Å². The summed E-state index contributed by atoms with van der Waals surface area (Å²) in [6.45, 7) is 5.07. The molecule has 3 N–H and O–H groups in total. The van der Waals surface area contributed by atoms with E-state index in [4.69, 9.17) is 9.47 Å². The van der Waals surface area contributed by atoms with Crippen molar-refractivity contribution >= 4 is 5.91 Å². The van der Waals surface area contributed by atoms with E-state index in [0.29, 0.717) is 41.4 Å². The van der Waals surface area contributed by atoms with Gasteiger partial charge in [-0.15, -0.1) is 10.2 Å². The SMILES string of the molecule is CC(C)c1cc(-c2nnc(C(=O)NCCN(C)C)n2-c2ccc3c(c2)OCO3)c(O)cc1O. The molecule has 0 bridgehead atoms. The van der Waals surface area contributed by atoms with Gasteiger partial charge in [0.1, 0.15) is 11.5 Å². The van der Waals surface area contributed by atoms with Crippen LogP contribution in [0.25, 0.3) is 17.1 Å². The monoisotopic (exact) mass is 453 g/mol. The van der Waals surface area contributed by atoms with Crippen molar-refractivity contribution in [2.45, 2.75) is 19.8 Å². The minimum Gasteiger partial charge on any atom is -0.508 e. The normalized spacial score (nSPS) is 12.5. The summed E-state index contributed by atoms with van der Waals surface area (Å²) in [5.41, 5.74) is 1.55. The number of amides is 1. The van der Waals surface area contributed by atoms with Crippen molar-refractivity contribution in [3.63, 3.8) is 0 Å². The average molecular weight is 453 g/mol. The molecule has 10 nitrogen and oxygen atoms in total. The van der Waals surface area contributed by atoms with E-state index in [1.165, 1.54) is 6.07 Å². The van der Waals surface area contributed by atoms with E-state index in [0.717, 1.165) is 0 Å². The third-order valence-corrected chi connectivity index (χ3v) is 5.33. The summed E-state index contributed by atoms with van der Waals surface area (Å²) in [4.78, 5) is 15.0. The molecule has 0 fully saturated rings. The van der Waals surface area contributed by atoms with Gasteiger partial charge in [-0.3, -0.25) is 9.36 Å². The Morgan fingerprint density at radius 2 is 1.88 bits per heavy atom. The number of likely N-dealkylation sites (N-methyl/N-ethyl adjacent to an activating group) is 1. The van der Waals surface area contributed by atoms with Crippen molar-refractivity contribution in [1.82, 2.24) is 25.0 Å². The van der Waals surface area contributed by atoms with Gasteiger partial charge < -0.3 is 29.9 Å². The maximum absolute atomic E-state index is 13.0. The number of carbonyl (C=O) groups is 1. The third-order valence-electron chi connectivity index (χ3n) is 5.33. The van der Waals surface area contributed by atoms with Crippen LogP contribution in [0.1, 0.15) is 35.9 Å². The van der Waals surface area contributed by atoms with Gasteiger partial charge >= 0.3 is 0 Å². The molecule has 2 aromatic carbocycles. The average Bonchev–Trinajstić information content (AvgIpc) is 3.39. The summed E-state index contributed by atoms with van der Waals surface area (Å²) in [6, 6.07) is 8.17. The molecule has 4 rings (SSSR count). The Hall–Kier alpha value is -3.79. The van der Waals surface area contributed by atoms with Gasteiger partial charge in [0, 0.05) is 25.2 Å². The Morgan fingerprint density at radius 3 is 2.61 bits per heavy atom. The molecule has 0 atom stereocenters. The molecule has 3 aromatic rings. The van der Waals surface area contributed by atoms with Gasteiger partial charge in [-0.05, 0) is 43.8 Å². The first kappa shape index (κ1) is 22.4. The summed E-state index contributed by atoms with van der Waals surface area (Å²) >= 11 is 0. The molecule has 1 aromatic heterocycles. The Kier molecular flexibility index (Phi) is 6.10. The van der Waals surface area contributed by atoms with E-state index >= 15 is 0 Å². The van der Waals surface area contributed by atoms with Crippen LogP contribution in [0.5, 0.6) is 23.0 Å². The molecule has 33 heavy (non-hydrogen) atoms. The number of nitrogens with zero attached hydrogens (tertiary/aromatic N) is 4. The molecule has 1 amide bonds. The number of aromatic hydroxyl groups is 2. The fraction of sp³-hybridized carbons (Fsp3) is 0.348. The second-order valence-corrected chi connectivity index (χ2v) is 8.36. The molecular weight excluding hydrogens is 426 g/mol. The smallest absolute Gasteiger partial charge is 0.289 e. The van der Waals surface area contributed by atoms with E-state index in [9.17, 15) is 15.0 Å². The van der Waals surface area contributed by atoms with Crippen LogP contribution in [0, 0.1) is 0 Å². The van der Waals surface area contributed by atoms with E-state index in [1.807, 2.05) is 32.8 Å². The summed E-state index contributed by atoms with van der Waals surface area (Å²) in [6.07, 6.45) is 0. The van der Waals surface area contributed by atoms with E-state index < -0.39 is 5.91 Å². The van der Waals surface area contributed by atoms with Crippen molar-refractivity contribution in [3.05, 3.63) is 41.7 Å². The van der Waals surface area contributed by atoms with Gasteiger partial charge in [-0.25, -0.2) is 0 Å². The fourth-order valence-corrected chi connectivity index (χ4v) is 3.58. The molecule has 0 saturated carbocycles. The molecule has 174 valence electrons. The largest absolute Gasteiger partial charge is 0.508 e. The topological polar surface area (TPSA) is 122 Å². The lowest BCUT2D eigenvalue weighted by atomic mass is 9.98. The number of benzene rings is 2. The molecule has 0 radical (unpaired) electrons. The quantitative estimate of drug-likeness (QED) is 0.499. The van der Waals surface area contributed by atoms with Crippen LogP contribution in [-0.2, 0) is 0 Å². The lowest BCUT2D eigenvalue weighted by molar-refractivity contribution is 0.0938. The number of hydrogen-bond acceptors (Lipinski definition) is 8. The van der Waals surface area contributed by atoms with E-state index in [2.05, 4.69) is 15.5 Å². The zero-order valence-corrected chi connectivity index (χ0v) is 19.0. The molecule has 1 aliphatic heterocycles. The number of fused-ring (bicyclic) bond motifs is 1. The Morgan fingerprint density at radius 1 is 1.12 bits per heavy atom. The zero-order valence-electron chi connectivity index (χ0n) is 19.0. The Balaban J connectivity index is 1.84. The van der Waals surface area contributed by atoms with E-state index in [-0.39, 0.29) is 35.9 Å². The van der Waals surface area contributed by atoms with Crippen LogP contribution in [0.4, 0.5) is 0 Å². The Labute approximate surface area is 191 Å². The predicted molar refractivity (Wildman–Crippen MR) is 121 cm³/mol. The van der Waals surface area contributed by atoms with Crippen molar-refractivity contribution < 1.29 is 24.5 Å². The first-order valence-corrected chi connectivity index (χ1v) is 10.6. The summed E-state index contributed by atoms with van der Waals surface area (Å²) in [7, 11) is 3.83. The number of hydrogen-bond donors (Lipinski definition) is 3. The summed E-state index contributed by atoms with van der Waals surface area (Å²) in [5.74, 6) is 0.847.